The summed E-state index contributed by atoms with van der Waals surface area (Å²) in [4.78, 5) is 58.2. The molecule has 5 N–H and O–H groups in total. The molecule has 8 rings (SSSR count). The van der Waals surface area contributed by atoms with Crippen LogP contribution in [0.25, 0.3) is 17.5 Å². The summed E-state index contributed by atoms with van der Waals surface area (Å²) in [6.45, 7) is 8.38. The first-order valence-corrected chi connectivity index (χ1v) is 20.7. The van der Waals surface area contributed by atoms with Crippen LogP contribution >= 0.6 is 0 Å². The van der Waals surface area contributed by atoms with Gasteiger partial charge in [0.15, 0.2) is 5.72 Å². The van der Waals surface area contributed by atoms with E-state index in [9.17, 15) is 23.9 Å². The molecule has 15 nitrogen and oxygen atoms in total. The summed E-state index contributed by atoms with van der Waals surface area (Å²) in [7, 11) is 0. The van der Waals surface area contributed by atoms with Gasteiger partial charge in [0.1, 0.15) is 29.3 Å². The molecule has 4 aliphatic rings. The number of amidine groups is 1. The highest BCUT2D eigenvalue weighted by molar-refractivity contribution is 6.06. The number of piperazine rings is 1. The largest absolute Gasteiger partial charge is 0.385 e. The second kappa shape index (κ2) is 17.7. The average Bonchev–Trinajstić information content (AvgIpc) is 3.98. The van der Waals surface area contributed by atoms with Crippen molar-refractivity contribution < 1.29 is 28.6 Å². The SMILES string of the molecule is CC1(O)c2ccc(NCCCOCCN3CCN(c4cccc(-c5cnc(/C=C\C(=N)N6CCC[C@@H]6c6cccc(F)c6)[nH]5)n4)CC3)cc2C(=O)N1C1CCC(=O)NC1=O. The van der Waals surface area contributed by atoms with Crippen LogP contribution in [-0.4, -0.2) is 123 Å². The quantitative estimate of drug-likeness (QED) is 0.0523. The van der Waals surface area contributed by atoms with Crippen LogP contribution in [0.5, 0.6) is 0 Å². The molecular weight excluding hydrogens is 768 g/mol. The molecule has 4 aliphatic heterocycles. The average molecular weight is 819 g/mol. The minimum atomic E-state index is -1.66. The number of anilines is 2. The van der Waals surface area contributed by atoms with Gasteiger partial charge in [-0.1, -0.05) is 24.3 Å². The van der Waals surface area contributed by atoms with Crippen LogP contribution in [0.4, 0.5) is 15.9 Å². The van der Waals surface area contributed by atoms with Crippen LogP contribution in [-0.2, 0) is 20.1 Å². The van der Waals surface area contributed by atoms with Gasteiger partial charge in [-0.2, -0.15) is 0 Å². The fraction of sp³-hybridized carbons (Fsp3) is 0.409. The van der Waals surface area contributed by atoms with Gasteiger partial charge in [0, 0.05) is 75.7 Å². The van der Waals surface area contributed by atoms with E-state index in [1.807, 2.05) is 35.2 Å². The Morgan fingerprint density at radius 2 is 1.87 bits per heavy atom. The van der Waals surface area contributed by atoms with E-state index in [2.05, 4.69) is 30.4 Å². The predicted molar refractivity (Wildman–Crippen MR) is 225 cm³/mol. The van der Waals surface area contributed by atoms with Gasteiger partial charge >= 0.3 is 0 Å². The fourth-order valence-electron chi connectivity index (χ4n) is 8.65. The molecule has 0 aliphatic carbocycles. The summed E-state index contributed by atoms with van der Waals surface area (Å²) in [5.74, 6) is 0.255. The lowest BCUT2D eigenvalue weighted by molar-refractivity contribution is -0.146. The number of rotatable bonds is 14. The molecule has 6 heterocycles. The third-order valence-corrected chi connectivity index (χ3v) is 11.8. The smallest absolute Gasteiger partial charge is 0.257 e. The van der Waals surface area contributed by atoms with Crippen molar-refractivity contribution in [1.82, 2.24) is 35.0 Å². The van der Waals surface area contributed by atoms with Gasteiger partial charge in [0.05, 0.1) is 30.2 Å². The van der Waals surface area contributed by atoms with Gasteiger partial charge in [0.2, 0.25) is 11.8 Å². The number of likely N-dealkylation sites (tertiary alicyclic amines) is 1. The number of fused-ring (bicyclic) bond motifs is 1. The number of carbonyl (C=O) groups excluding carboxylic acids is 3. The molecule has 0 bridgehead atoms. The number of piperidine rings is 1. The van der Waals surface area contributed by atoms with E-state index in [1.165, 1.54) is 17.9 Å². The number of benzene rings is 2. The van der Waals surface area contributed by atoms with E-state index in [0.717, 1.165) is 87.0 Å². The fourth-order valence-corrected chi connectivity index (χ4v) is 8.65. The van der Waals surface area contributed by atoms with E-state index in [1.54, 1.807) is 42.6 Å². The molecule has 0 saturated carbocycles. The lowest BCUT2D eigenvalue weighted by Gasteiger charge is -2.38. The number of aliphatic hydroxyl groups is 1. The van der Waals surface area contributed by atoms with Crippen LogP contribution in [0, 0.1) is 11.2 Å². The van der Waals surface area contributed by atoms with Crippen LogP contribution in [0.1, 0.15) is 72.4 Å². The standard InChI is InChI=1S/C44H51FN10O5/c1-44(59)33-12-11-31(27-32(33)43(58)55(44)37-13-16-41(56)51-42(37)57)47-17-5-24-60-25-23-52-19-21-53(22-20-52)40-10-3-8-34(50-40)35-28-48-39(49-35)15-14-38(46)54-18-4-9-36(54)29-6-2-7-30(45)26-29/h2-3,6-8,10-12,14-15,26-28,36-37,46-47,59H,4-5,9,13,16-25H2,1H3,(H,48,49)(H,51,56,57)/b15-14-,46-38?/t36-,37?,44?/m1/s1. The van der Waals surface area contributed by atoms with E-state index in [4.69, 9.17) is 15.1 Å². The highest BCUT2D eigenvalue weighted by Gasteiger charge is 2.51. The zero-order valence-electron chi connectivity index (χ0n) is 33.7. The maximum atomic E-state index is 13.9. The number of hydrogen-bond acceptors (Lipinski definition) is 11. The maximum absolute atomic E-state index is 13.9. The van der Waals surface area contributed by atoms with Crippen molar-refractivity contribution in [2.75, 3.05) is 69.2 Å². The third kappa shape index (κ3) is 8.81. The molecule has 314 valence electrons. The second-order valence-electron chi connectivity index (χ2n) is 15.8. The summed E-state index contributed by atoms with van der Waals surface area (Å²) in [6, 6.07) is 16.9. The molecule has 2 unspecified atom stereocenters. The Morgan fingerprint density at radius 3 is 2.68 bits per heavy atom. The molecule has 2 aromatic carbocycles. The topological polar surface area (TPSA) is 183 Å². The zero-order valence-corrected chi connectivity index (χ0v) is 33.7. The number of aromatic amines is 1. The van der Waals surface area contributed by atoms with Gasteiger partial charge in [-0.3, -0.25) is 34.9 Å². The number of imide groups is 1. The van der Waals surface area contributed by atoms with Crippen LogP contribution in [0.15, 0.2) is 72.9 Å². The number of carbonyl (C=O) groups is 3. The molecule has 0 spiro atoms. The zero-order chi connectivity index (χ0) is 41.8. The van der Waals surface area contributed by atoms with Crippen molar-refractivity contribution in [2.24, 2.45) is 0 Å². The Labute approximate surface area is 348 Å². The third-order valence-electron chi connectivity index (χ3n) is 11.8. The molecule has 3 amide bonds. The number of hydrogen-bond donors (Lipinski definition) is 5. The van der Waals surface area contributed by atoms with Crippen LogP contribution in [0.3, 0.4) is 0 Å². The first-order valence-electron chi connectivity index (χ1n) is 20.7. The number of pyridine rings is 1. The van der Waals surface area contributed by atoms with Gasteiger partial charge in [-0.15, -0.1) is 0 Å². The molecule has 4 aromatic rings. The van der Waals surface area contributed by atoms with Gasteiger partial charge in [0.25, 0.3) is 5.91 Å². The lowest BCUT2D eigenvalue weighted by atomic mass is 9.99. The summed E-state index contributed by atoms with van der Waals surface area (Å²) in [6.07, 6.45) is 8.17. The van der Waals surface area contributed by atoms with E-state index in [-0.39, 0.29) is 30.6 Å². The highest BCUT2D eigenvalue weighted by atomic mass is 19.1. The normalized spacial score (nSPS) is 22.2. The molecular formula is C44H51FN10O5. The summed E-state index contributed by atoms with van der Waals surface area (Å²) < 4.78 is 19.8. The van der Waals surface area contributed by atoms with Crippen molar-refractivity contribution in [2.45, 2.75) is 56.8 Å². The number of H-pyrrole nitrogens is 1. The molecule has 3 saturated heterocycles. The minimum absolute atomic E-state index is 0.0149. The van der Waals surface area contributed by atoms with Crippen molar-refractivity contribution >= 4 is 41.1 Å². The molecule has 3 fully saturated rings. The van der Waals surface area contributed by atoms with Gasteiger partial charge < -0.3 is 29.9 Å². The van der Waals surface area contributed by atoms with Crippen molar-refractivity contribution in [1.29, 1.82) is 5.41 Å². The number of ether oxygens (including phenoxy) is 1. The molecule has 0 radical (unpaired) electrons. The molecule has 3 atom stereocenters. The number of amides is 3. The number of aromatic nitrogens is 3. The monoisotopic (exact) mass is 818 g/mol. The Hall–Kier alpha value is -5.97. The Kier molecular flexibility index (Phi) is 12.0. The molecule has 60 heavy (non-hydrogen) atoms. The lowest BCUT2D eigenvalue weighted by Crippen LogP contribution is -2.57. The van der Waals surface area contributed by atoms with E-state index < -0.39 is 23.6 Å². The Balaban J connectivity index is 0.742. The van der Waals surface area contributed by atoms with E-state index >= 15 is 0 Å². The predicted octanol–water partition coefficient (Wildman–Crippen LogP) is 4.51. The van der Waals surface area contributed by atoms with Gasteiger partial charge in [-0.25, -0.2) is 14.4 Å². The van der Waals surface area contributed by atoms with Crippen molar-refractivity contribution in [3.63, 3.8) is 0 Å². The van der Waals surface area contributed by atoms with Crippen LogP contribution < -0.4 is 15.5 Å². The first-order chi connectivity index (χ1) is 29.0. The number of nitrogens with zero attached hydrogens (tertiary/aromatic N) is 6. The van der Waals surface area contributed by atoms with Crippen molar-refractivity contribution in [3.8, 4) is 11.4 Å². The van der Waals surface area contributed by atoms with Crippen molar-refractivity contribution in [3.05, 3.63) is 101 Å². The number of nitrogens with one attached hydrogen (secondary N) is 4. The molecule has 16 heteroatoms. The molecule has 2 aromatic heterocycles. The second-order valence-corrected chi connectivity index (χ2v) is 15.8. The highest BCUT2D eigenvalue weighted by Crippen LogP contribution is 2.41. The number of imidazole rings is 1. The minimum Gasteiger partial charge on any atom is -0.385 e. The van der Waals surface area contributed by atoms with E-state index in [0.29, 0.717) is 42.5 Å². The van der Waals surface area contributed by atoms with Crippen LogP contribution in [0.2, 0.25) is 0 Å². The summed E-state index contributed by atoms with van der Waals surface area (Å²) in [5, 5.41) is 25.6. The van der Waals surface area contributed by atoms with Gasteiger partial charge in [-0.05, 0) is 86.7 Å². The Morgan fingerprint density at radius 1 is 1.03 bits per heavy atom. The Bertz CT molecular complexity index is 2270. The number of halogens is 1. The summed E-state index contributed by atoms with van der Waals surface area (Å²) in [5.41, 5.74) is 2.31. The first kappa shape index (κ1) is 40.8. The maximum Gasteiger partial charge on any atom is 0.257 e. The summed E-state index contributed by atoms with van der Waals surface area (Å²) >= 11 is 0.